The Morgan fingerprint density at radius 2 is 1.94 bits per heavy atom. The molecule has 6 nitrogen and oxygen atoms in total. The average Bonchev–Trinajstić information content (AvgIpc) is 3.21. The maximum atomic E-state index is 12.6. The van der Waals surface area contributed by atoms with Gasteiger partial charge in [-0.3, -0.25) is 4.79 Å². The summed E-state index contributed by atoms with van der Waals surface area (Å²) in [6.07, 6.45) is 4.89. The molecule has 162 valence electrons. The maximum absolute atomic E-state index is 12.6. The lowest BCUT2D eigenvalue weighted by molar-refractivity contribution is 0.102. The zero-order chi connectivity index (χ0) is 22.1. The molecule has 0 bridgehead atoms. The van der Waals surface area contributed by atoms with Gasteiger partial charge in [0.25, 0.3) is 5.91 Å². The fourth-order valence-electron chi connectivity index (χ4n) is 4.35. The first-order valence-corrected chi connectivity index (χ1v) is 11.2. The van der Waals surface area contributed by atoms with Crippen LogP contribution in [-0.4, -0.2) is 27.0 Å². The second-order valence-electron chi connectivity index (χ2n) is 8.41. The lowest BCUT2D eigenvalue weighted by Gasteiger charge is -2.30. The first kappa shape index (κ1) is 20.2. The number of hydrogen-bond acceptors (Lipinski definition) is 4. The smallest absolute Gasteiger partial charge is 0.256 e. The van der Waals surface area contributed by atoms with Gasteiger partial charge in [-0.1, -0.05) is 43.7 Å². The molecule has 1 aliphatic rings. The number of aryl methyl sites for hydroxylation is 2. The number of rotatable bonds is 5. The number of carbonyl (C=O) groups excluding carboxylic acids is 1. The molecule has 0 unspecified atom stereocenters. The van der Waals surface area contributed by atoms with E-state index in [-0.39, 0.29) is 5.91 Å². The van der Waals surface area contributed by atoms with E-state index in [2.05, 4.69) is 47.2 Å². The zero-order valence-electron chi connectivity index (χ0n) is 18.5. The van der Waals surface area contributed by atoms with Gasteiger partial charge in [-0.15, -0.1) is 5.10 Å². The highest BCUT2D eigenvalue weighted by Gasteiger charge is 2.19. The summed E-state index contributed by atoms with van der Waals surface area (Å²) >= 11 is 0. The Hall–Kier alpha value is -3.67. The summed E-state index contributed by atoms with van der Waals surface area (Å²) in [7, 11) is 0. The normalized spacial score (nSPS) is 13.2. The Labute approximate surface area is 187 Å². The van der Waals surface area contributed by atoms with Crippen LogP contribution in [0.3, 0.4) is 0 Å². The van der Waals surface area contributed by atoms with Gasteiger partial charge in [0.1, 0.15) is 5.82 Å². The van der Waals surface area contributed by atoms with Gasteiger partial charge in [-0.05, 0) is 66.3 Å². The molecule has 6 heteroatoms. The fourth-order valence-corrected chi connectivity index (χ4v) is 4.35. The third-order valence-corrected chi connectivity index (χ3v) is 6.13. The highest BCUT2D eigenvalue weighted by Crippen LogP contribution is 2.26. The van der Waals surface area contributed by atoms with Crippen LogP contribution >= 0.6 is 0 Å². The van der Waals surface area contributed by atoms with E-state index in [0.29, 0.717) is 17.0 Å². The van der Waals surface area contributed by atoms with E-state index in [1.54, 1.807) is 10.7 Å². The van der Waals surface area contributed by atoms with Gasteiger partial charge in [0.2, 0.25) is 0 Å². The van der Waals surface area contributed by atoms with Crippen LogP contribution in [-0.2, 0) is 19.4 Å². The quantitative estimate of drug-likeness (QED) is 0.499. The highest BCUT2D eigenvalue weighted by atomic mass is 16.1. The second kappa shape index (κ2) is 8.46. The predicted molar refractivity (Wildman–Crippen MR) is 127 cm³/mol. The number of imidazole rings is 1. The molecule has 0 saturated heterocycles. The molecule has 32 heavy (non-hydrogen) atoms. The van der Waals surface area contributed by atoms with Gasteiger partial charge in [-0.25, -0.2) is 9.50 Å². The van der Waals surface area contributed by atoms with Crippen LogP contribution in [0.2, 0.25) is 0 Å². The van der Waals surface area contributed by atoms with Gasteiger partial charge < -0.3 is 10.2 Å². The third-order valence-electron chi connectivity index (χ3n) is 6.13. The van der Waals surface area contributed by atoms with Crippen molar-refractivity contribution in [2.45, 2.75) is 39.7 Å². The Bertz CT molecular complexity index is 1280. The van der Waals surface area contributed by atoms with Gasteiger partial charge in [0, 0.05) is 18.7 Å². The second-order valence-corrected chi connectivity index (χ2v) is 8.41. The molecule has 0 spiro atoms. The van der Waals surface area contributed by atoms with Gasteiger partial charge >= 0.3 is 0 Å². The Morgan fingerprint density at radius 1 is 1.09 bits per heavy atom. The predicted octanol–water partition coefficient (Wildman–Crippen LogP) is 4.81. The van der Waals surface area contributed by atoms with Crippen molar-refractivity contribution in [1.82, 2.24) is 14.6 Å². The minimum Gasteiger partial charge on any atom is -0.350 e. The molecule has 2 aromatic heterocycles. The highest BCUT2D eigenvalue weighted by molar-refractivity contribution is 6.03. The number of nitrogens with zero attached hydrogens (tertiary/aromatic N) is 4. The summed E-state index contributed by atoms with van der Waals surface area (Å²) in [6, 6.07) is 18.2. The van der Waals surface area contributed by atoms with Crippen molar-refractivity contribution in [2.75, 3.05) is 16.8 Å². The van der Waals surface area contributed by atoms with Crippen LogP contribution in [0.1, 0.15) is 46.0 Å². The summed E-state index contributed by atoms with van der Waals surface area (Å²) in [5.74, 6) is 1.24. The van der Waals surface area contributed by atoms with E-state index in [1.807, 2.05) is 36.4 Å². The van der Waals surface area contributed by atoms with Crippen molar-refractivity contribution in [2.24, 2.45) is 0 Å². The van der Waals surface area contributed by atoms with Crippen molar-refractivity contribution >= 4 is 23.2 Å². The molecule has 1 amide bonds. The number of anilines is 2. The molecular formula is C26H27N5O. The third kappa shape index (κ3) is 3.96. The lowest BCUT2D eigenvalue weighted by Crippen LogP contribution is -2.31. The number of hydrogen-bond donors (Lipinski definition) is 1. The van der Waals surface area contributed by atoms with Crippen molar-refractivity contribution in [3.63, 3.8) is 0 Å². The summed E-state index contributed by atoms with van der Waals surface area (Å²) < 4.78 is 1.74. The van der Waals surface area contributed by atoms with E-state index in [0.717, 1.165) is 38.2 Å². The van der Waals surface area contributed by atoms with E-state index >= 15 is 0 Å². The molecule has 3 heterocycles. The molecule has 0 atom stereocenters. The Morgan fingerprint density at radius 3 is 2.75 bits per heavy atom. The standard InChI is InChI=1S/C26H27N5O/c1-3-5-19-8-10-21(11-9-19)26(32)28-23-17-31-24(27-23)12-13-25(29-31)30-15-14-20-7-4-6-18(2)22(20)16-30/h4,6-13,17H,3,5,14-16H2,1-2H3,(H,28,32). The molecular weight excluding hydrogens is 398 g/mol. The largest absolute Gasteiger partial charge is 0.350 e. The van der Waals surface area contributed by atoms with Gasteiger partial charge in [0.15, 0.2) is 11.5 Å². The summed E-state index contributed by atoms with van der Waals surface area (Å²) in [4.78, 5) is 19.4. The van der Waals surface area contributed by atoms with Crippen molar-refractivity contribution in [3.05, 3.63) is 88.6 Å². The number of nitrogens with one attached hydrogen (secondary N) is 1. The minimum absolute atomic E-state index is 0.167. The van der Waals surface area contributed by atoms with E-state index in [4.69, 9.17) is 5.10 Å². The van der Waals surface area contributed by atoms with Crippen molar-refractivity contribution < 1.29 is 4.79 Å². The number of benzene rings is 2. The molecule has 1 aliphatic heterocycles. The van der Waals surface area contributed by atoms with Crippen LogP contribution in [0.15, 0.2) is 60.8 Å². The van der Waals surface area contributed by atoms with Crippen molar-refractivity contribution in [3.8, 4) is 0 Å². The molecule has 4 aromatic rings. The number of aromatic nitrogens is 3. The molecule has 1 N–H and O–H groups in total. The minimum atomic E-state index is -0.167. The summed E-state index contributed by atoms with van der Waals surface area (Å²) in [5, 5.41) is 7.66. The first-order chi connectivity index (χ1) is 15.6. The Balaban J connectivity index is 1.33. The summed E-state index contributed by atoms with van der Waals surface area (Å²) in [5.41, 5.74) is 6.71. The summed E-state index contributed by atoms with van der Waals surface area (Å²) in [6.45, 7) is 6.10. The number of amides is 1. The average molecular weight is 426 g/mol. The lowest BCUT2D eigenvalue weighted by atomic mass is 9.96. The number of fused-ring (bicyclic) bond motifs is 2. The monoisotopic (exact) mass is 425 g/mol. The molecule has 0 aliphatic carbocycles. The molecule has 0 radical (unpaired) electrons. The number of carbonyl (C=O) groups is 1. The SMILES string of the molecule is CCCc1ccc(C(=O)Nc2cn3nc(N4CCc5cccc(C)c5C4)ccc3n2)cc1. The van der Waals surface area contributed by atoms with Crippen LogP contribution < -0.4 is 10.2 Å². The molecule has 5 rings (SSSR count). The van der Waals surface area contributed by atoms with E-state index in [9.17, 15) is 4.79 Å². The fraction of sp³-hybridized carbons (Fsp3) is 0.269. The topological polar surface area (TPSA) is 62.5 Å². The zero-order valence-corrected chi connectivity index (χ0v) is 18.5. The molecule has 0 fully saturated rings. The van der Waals surface area contributed by atoms with Crippen LogP contribution in [0.4, 0.5) is 11.6 Å². The van der Waals surface area contributed by atoms with E-state index in [1.165, 1.54) is 22.3 Å². The van der Waals surface area contributed by atoms with Crippen LogP contribution in [0.5, 0.6) is 0 Å². The van der Waals surface area contributed by atoms with Crippen LogP contribution in [0.25, 0.3) is 5.65 Å². The van der Waals surface area contributed by atoms with Gasteiger partial charge in [0.05, 0.1) is 6.20 Å². The maximum Gasteiger partial charge on any atom is 0.256 e. The Kier molecular flexibility index (Phi) is 5.35. The first-order valence-electron chi connectivity index (χ1n) is 11.2. The molecule has 0 saturated carbocycles. The van der Waals surface area contributed by atoms with Gasteiger partial charge in [-0.2, -0.15) is 0 Å². The van der Waals surface area contributed by atoms with E-state index < -0.39 is 0 Å². The van der Waals surface area contributed by atoms with Crippen molar-refractivity contribution in [1.29, 1.82) is 0 Å². The van der Waals surface area contributed by atoms with Crippen LogP contribution in [0, 0.1) is 6.92 Å². The molecule has 2 aromatic carbocycles.